The van der Waals surface area contributed by atoms with Crippen LogP contribution in [0.15, 0.2) is 30.3 Å². The van der Waals surface area contributed by atoms with Crippen molar-refractivity contribution in [2.75, 3.05) is 6.61 Å². The van der Waals surface area contributed by atoms with Crippen molar-refractivity contribution < 1.29 is 5.11 Å². The molecule has 0 saturated heterocycles. The maximum absolute atomic E-state index is 11.9. The average molecular weight is 339 g/mol. The Hall–Kier alpha value is -2.16. The molecule has 0 amide bonds. The van der Waals surface area contributed by atoms with Gasteiger partial charge in [-0.25, -0.2) is 5.11 Å². The molecule has 5 heteroatoms. The highest BCUT2D eigenvalue weighted by atomic mass is 28.3. The molecule has 1 aromatic heterocycles. The number of aromatic nitrogens is 2. The number of nitriles is 1. The monoisotopic (exact) mass is 338 g/mol. The van der Waals surface area contributed by atoms with E-state index in [0.29, 0.717) is 17.7 Å². The number of benzene rings is 1. The van der Waals surface area contributed by atoms with Crippen molar-refractivity contribution in [3.63, 3.8) is 0 Å². The predicted molar refractivity (Wildman–Crippen MR) is 100 cm³/mol. The van der Waals surface area contributed by atoms with E-state index >= 15 is 0 Å². The van der Waals surface area contributed by atoms with Crippen molar-refractivity contribution in [3.8, 4) is 6.07 Å². The second-order valence-electron chi connectivity index (χ2n) is 6.92. The van der Waals surface area contributed by atoms with Crippen molar-refractivity contribution >= 4 is 24.4 Å². The molecule has 0 bridgehead atoms. The molecule has 0 spiro atoms. The Balaban J connectivity index is 2.58. The van der Waals surface area contributed by atoms with Crippen LogP contribution in [0.25, 0.3) is 11.1 Å². The van der Waals surface area contributed by atoms with Crippen molar-refractivity contribution in [2.45, 2.75) is 40.0 Å². The molecule has 4 nitrogen and oxygen atoms in total. The van der Waals surface area contributed by atoms with Gasteiger partial charge in [0.2, 0.25) is 0 Å². The number of nitrogens with zero attached hydrogens (tertiary/aromatic N) is 3. The third-order valence-electron chi connectivity index (χ3n) is 4.11. The zero-order valence-electron chi connectivity index (χ0n) is 15.1. The van der Waals surface area contributed by atoms with Gasteiger partial charge < -0.3 is 0 Å². The Labute approximate surface area is 145 Å². The van der Waals surface area contributed by atoms with Crippen molar-refractivity contribution in [1.82, 2.24) is 9.78 Å². The highest BCUT2D eigenvalue weighted by molar-refractivity contribution is 6.88. The average Bonchev–Trinajstić information content (AvgIpc) is 2.92. The largest absolute Gasteiger partial charge is 0.265 e. The zero-order valence-corrected chi connectivity index (χ0v) is 16.1. The first kappa shape index (κ1) is 18.2. The zero-order chi connectivity index (χ0) is 17.9. The van der Waals surface area contributed by atoms with Gasteiger partial charge in [-0.1, -0.05) is 49.1 Å². The summed E-state index contributed by atoms with van der Waals surface area (Å²) in [5.41, 5.74) is 3.36. The third kappa shape index (κ3) is 3.66. The van der Waals surface area contributed by atoms with Gasteiger partial charge in [0.1, 0.15) is 12.7 Å². The summed E-state index contributed by atoms with van der Waals surface area (Å²) in [6.45, 7) is 11.0. The van der Waals surface area contributed by atoms with E-state index in [1.165, 1.54) is 5.19 Å². The van der Waals surface area contributed by atoms with Crippen LogP contribution in [-0.4, -0.2) is 24.5 Å². The summed E-state index contributed by atoms with van der Waals surface area (Å²) in [5.74, 6) is 0. The Morgan fingerprint density at radius 3 is 2.33 bits per heavy atom. The van der Waals surface area contributed by atoms with Crippen molar-refractivity contribution in [2.24, 2.45) is 0 Å². The summed E-state index contributed by atoms with van der Waals surface area (Å²) in [4.78, 5) is 0. The van der Waals surface area contributed by atoms with E-state index < -0.39 is 14.7 Å². The van der Waals surface area contributed by atoms with E-state index in [1.807, 2.05) is 32.0 Å². The van der Waals surface area contributed by atoms with E-state index in [-0.39, 0.29) is 0 Å². The van der Waals surface area contributed by atoms with Gasteiger partial charge in [0.15, 0.2) is 0 Å². The van der Waals surface area contributed by atoms with Crippen LogP contribution in [0.2, 0.25) is 19.6 Å². The molecular formula is C19H24N3OSi. The molecule has 2 rings (SSSR count). The van der Waals surface area contributed by atoms with E-state index in [9.17, 15) is 10.4 Å². The summed E-state index contributed by atoms with van der Waals surface area (Å²) in [6.07, 6.45) is 0. The maximum Gasteiger partial charge on any atom is 0.111 e. The van der Waals surface area contributed by atoms with E-state index in [0.717, 1.165) is 17.0 Å². The molecule has 0 unspecified atom stereocenters. The van der Waals surface area contributed by atoms with Crippen LogP contribution in [-0.2, 0) is 11.7 Å². The lowest BCUT2D eigenvalue weighted by atomic mass is 9.99. The highest BCUT2D eigenvalue weighted by Gasteiger charge is 2.19. The fourth-order valence-corrected chi connectivity index (χ4v) is 3.91. The van der Waals surface area contributed by atoms with Crippen molar-refractivity contribution in [3.05, 3.63) is 47.3 Å². The topological polar surface area (TPSA) is 61.5 Å². The lowest BCUT2D eigenvalue weighted by molar-refractivity contribution is 0.238. The molecule has 1 aromatic carbocycles. The number of aryl methyl sites for hydroxylation is 2. The molecule has 0 aliphatic carbocycles. The van der Waals surface area contributed by atoms with Gasteiger partial charge in [-0.2, -0.15) is 10.4 Å². The molecule has 0 fully saturated rings. The van der Waals surface area contributed by atoms with E-state index in [2.05, 4.69) is 42.9 Å². The molecule has 0 N–H and O–H groups in total. The van der Waals surface area contributed by atoms with Gasteiger partial charge >= 0.3 is 0 Å². The predicted octanol–water partition coefficient (Wildman–Crippen LogP) is 3.62. The highest BCUT2D eigenvalue weighted by Crippen LogP contribution is 2.26. The standard InChI is InChI=1S/C19H24N3OSi/c1-6-22-19(11-14(2)21-22)18(13-23)17(12-20)15-7-9-16(10-8-15)24(3,4)5/h7-11H,6,13H2,1-5H3/b18-17-. The number of hydrogen-bond donors (Lipinski definition) is 0. The molecule has 0 aliphatic heterocycles. The third-order valence-corrected chi connectivity index (χ3v) is 6.17. The van der Waals surface area contributed by atoms with Crippen LogP contribution in [0.3, 0.4) is 0 Å². The maximum atomic E-state index is 11.9. The fourth-order valence-electron chi connectivity index (χ4n) is 2.75. The summed E-state index contributed by atoms with van der Waals surface area (Å²) >= 11 is 0. The van der Waals surface area contributed by atoms with Crippen LogP contribution in [0.1, 0.15) is 23.9 Å². The number of rotatable bonds is 5. The Bertz CT molecular complexity index is 789. The second kappa shape index (κ2) is 7.16. The second-order valence-corrected chi connectivity index (χ2v) is 12.0. The molecule has 1 radical (unpaired) electrons. The van der Waals surface area contributed by atoms with Gasteiger partial charge in [0.25, 0.3) is 0 Å². The summed E-state index contributed by atoms with van der Waals surface area (Å²) < 4.78 is 1.79. The van der Waals surface area contributed by atoms with Gasteiger partial charge in [-0.05, 0) is 25.5 Å². The molecule has 2 aromatic rings. The minimum Gasteiger partial charge on any atom is -0.265 e. The normalized spacial score (nSPS) is 12.7. The van der Waals surface area contributed by atoms with Gasteiger partial charge in [-0.3, -0.25) is 4.68 Å². The Morgan fingerprint density at radius 2 is 1.88 bits per heavy atom. The minimum absolute atomic E-state index is 0.441. The SMILES string of the molecule is CCn1nc(C)cc1/C(C[O])=C(/C#N)c1ccc([Si](C)(C)C)cc1. The van der Waals surface area contributed by atoms with Crippen molar-refractivity contribution in [1.29, 1.82) is 5.26 Å². The lowest BCUT2D eigenvalue weighted by Crippen LogP contribution is -2.37. The first-order valence-corrected chi connectivity index (χ1v) is 11.7. The van der Waals surface area contributed by atoms with Crippen LogP contribution in [0.5, 0.6) is 0 Å². The van der Waals surface area contributed by atoms with Crippen LogP contribution in [0.4, 0.5) is 0 Å². The van der Waals surface area contributed by atoms with Crippen LogP contribution >= 0.6 is 0 Å². The molecule has 0 atom stereocenters. The first-order valence-electron chi connectivity index (χ1n) is 8.19. The number of hydrogen-bond acceptors (Lipinski definition) is 2. The molecule has 0 aliphatic rings. The first-order chi connectivity index (χ1) is 11.3. The smallest absolute Gasteiger partial charge is 0.111 e. The molecule has 125 valence electrons. The molecule has 24 heavy (non-hydrogen) atoms. The van der Waals surface area contributed by atoms with Crippen LogP contribution < -0.4 is 5.19 Å². The number of allylic oxidation sites excluding steroid dienone is 1. The van der Waals surface area contributed by atoms with Crippen LogP contribution in [0, 0.1) is 18.3 Å². The minimum atomic E-state index is -1.39. The Kier molecular flexibility index (Phi) is 5.42. The lowest BCUT2D eigenvalue weighted by Gasteiger charge is -2.17. The van der Waals surface area contributed by atoms with E-state index in [1.54, 1.807) is 4.68 Å². The molecule has 1 heterocycles. The quantitative estimate of drug-likeness (QED) is 0.617. The summed E-state index contributed by atoms with van der Waals surface area (Å²) in [7, 11) is -1.39. The molecule has 0 saturated carbocycles. The van der Waals surface area contributed by atoms with E-state index in [4.69, 9.17) is 0 Å². The summed E-state index contributed by atoms with van der Waals surface area (Å²) in [6, 6.07) is 12.2. The van der Waals surface area contributed by atoms with Gasteiger partial charge in [0.05, 0.1) is 25.0 Å². The summed E-state index contributed by atoms with van der Waals surface area (Å²) in [5, 5.41) is 27.3. The Morgan fingerprint density at radius 1 is 1.25 bits per heavy atom. The van der Waals surface area contributed by atoms with Gasteiger partial charge in [0, 0.05) is 12.1 Å². The molecular weight excluding hydrogens is 314 g/mol. The van der Waals surface area contributed by atoms with Gasteiger partial charge in [-0.15, -0.1) is 0 Å². The fraction of sp³-hybridized carbons (Fsp3) is 0.368.